The minimum atomic E-state index is -1.73. The van der Waals surface area contributed by atoms with Crippen molar-refractivity contribution in [1.29, 1.82) is 0 Å². The first kappa shape index (κ1) is 30.3. The monoisotopic (exact) mass is 594 g/mol. The van der Waals surface area contributed by atoms with Crippen LogP contribution in [-0.4, -0.2) is 111 Å². The van der Waals surface area contributed by atoms with Crippen LogP contribution < -0.4 is 14.2 Å². The lowest BCUT2D eigenvalue weighted by Gasteiger charge is -2.41. The van der Waals surface area contributed by atoms with Crippen molar-refractivity contribution in [2.24, 2.45) is 0 Å². The topological polar surface area (TPSA) is 214 Å². The number of methoxy groups -OCH3 is 1. The number of carbonyl (C=O) groups is 1. The highest BCUT2D eigenvalue weighted by Crippen LogP contribution is 2.43. The van der Waals surface area contributed by atoms with Crippen LogP contribution in [0, 0.1) is 0 Å². The zero-order valence-corrected chi connectivity index (χ0v) is 22.8. The molecular weight excluding hydrogens is 560 g/mol. The Balaban J connectivity index is 1.31. The van der Waals surface area contributed by atoms with Crippen LogP contribution in [0.2, 0.25) is 0 Å². The predicted molar refractivity (Wildman–Crippen MR) is 139 cm³/mol. The fourth-order valence-corrected chi connectivity index (χ4v) is 5.22. The van der Waals surface area contributed by atoms with Gasteiger partial charge in [-0.1, -0.05) is 6.07 Å². The van der Waals surface area contributed by atoms with Gasteiger partial charge in [0.1, 0.15) is 59.4 Å². The number of ether oxygens (including phenoxy) is 6. The summed E-state index contributed by atoms with van der Waals surface area (Å²) in [6.45, 7) is 1.28. The largest absolute Gasteiger partial charge is 0.507 e. The van der Waals surface area contributed by atoms with E-state index in [0.717, 1.165) is 6.07 Å². The van der Waals surface area contributed by atoms with Crippen molar-refractivity contribution in [2.75, 3.05) is 13.7 Å². The lowest BCUT2D eigenvalue weighted by Crippen LogP contribution is -2.60. The standard InChI is InChI=1S/C28H34O14/c1-11-5-17(32)23(33)27(39-11)38-10-21-24(34)25(35)26(36)28(42-21)40-13-7-15(30)22-16(31)9-19(41-20(22)8-13)12-3-4-18(37-2)14(29)6-12/h3-4,6-8,11,17,19,21,23-30,32-36H,5,9-10H2,1-2H3/t11?,17-,19-,21?,23?,24-,25-,26?,27+,28+/m0/s1. The van der Waals surface area contributed by atoms with Crippen molar-refractivity contribution >= 4 is 5.78 Å². The summed E-state index contributed by atoms with van der Waals surface area (Å²) in [6.07, 6.45) is -12.7. The SMILES string of the molecule is COc1ccc([C@@H]2CC(=O)c3c(O)cc(O[C@@H]4OC(CO[C@@H]5OC(C)C[C@H](O)C5O)[C@H](O)[C@H](O)C4O)cc3O2)cc1O. The number of carbonyl (C=O) groups excluding carboxylic acids is 1. The van der Waals surface area contributed by atoms with Gasteiger partial charge in [-0.15, -0.1) is 0 Å². The predicted octanol–water partition coefficient (Wildman–Crippen LogP) is -0.127. The molecule has 4 unspecified atom stereocenters. The summed E-state index contributed by atoms with van der Waals surface area (Å²) in [5, 5.41) is 72.4. The molecule has 3 aliphatic heterocycles. The maximum absolute atomic E-state index is 12.9. The van der Waals surface area contributed by atoms with Crippen molar-refractivity contribution in [3.05, 3.63) is 41.5 Å². The number of ketones is 1. The van der Waals surface area contributed by atoms with Crippen LogP contribution in [0.1, 0.15) is 41.8 Å². The van der Waals surface area contributed by atoms with E-state index in [9.17, 15) is 40.5 Å². The number of hydrogen-bond acceptors (Lipinski definition) is 14. The molecule has 0 bridgehead atoms. The minimum Gasteiger partial charge on any atom is -0.507 e. The molecular formula is C28H34O14. The molecule has 2 fully saturated rings. The molecule has 0 aliphatic carbocycles. The fourth-order valence-electron chi connectivity index (χ4n) is 5.22. The minimum absolute atomic E-state index is 0.0246. The normalized spacial score (nSPS) is 34.8. The summed E-state index contributed by atoms with van der Waals surface area (Å²) in [6, 6.07) is 6.98. The van der Waals surface area contributed by atoms with Crippen molar-refractivity contribution in [3.8, 4) is 28.7 Å². The number of aliphatic hydroxyl groups excluding tert-OH is 5. The van der Waals surface area contributed by atoms with E-state index < -0.39 is 79.6 Å². The Kier molecular flexibility index (Phi) is 8.78. The Hall–Kier alpha value is -3.21. The second kappa shape index (κ2) is 12.2. The smallest absolute Gasteiger partial charge is 0.229 e. The Morgan fingerprint density at radius 3 is 2.38 bits per heavy atom. The van der Waals surface area contributed by atoms with Crippen LogP contribution >= 0.6 is 0 Å². The summed E-state index contributed by atoms with van der Waals surface area (Å²) < 4.78 is 33.4. The fraction of sp³-hybridized carbons (Fsp3) is 0.536. The Bertz CT molecular complexity index is 1290. The first-order chi connectivity index (χ1) is 20.0. The van der Waals surface area contributed by atoms with Gasteiger partial charge in [-0.2, -0.15) is 0 Å². The van der Waals surface area contributed by atoms with E-state index in [4.69, 9.17) is 28.4 Å². The van der Waals surface area contributed by atoms with E-state index in [2.05, 4.69) is 0 Å². The van der Waals surface area contributed by atoms with Crippen molar-refractivity contribution in [2.45, 2.75) is 81.2 Å². The van der Waals surface area contributed by atoms with E-state index in [0.29, 0.717) is 5.56 Å². The summed E-state index contributed by atoms with van der Waals surface area (Å²) in [5.41, 5.74) is 0.406. The molecule has 0 saturated carbocycles. The number of Topliss-reactive ketones (excluding diaryl/α,β-unsaturated/α-hetero) is 1. The molecule has 2 aromatic carbocycles. The zero-order valence-electron chi connectivity index (χ0n) is 22.8. The van der Waals surface area contributed by atoms with Crippen molar-refractivity contribution in [3.63, 3.8) is 0 Å². The molecule has 5 rings (SSSR count). The molecule has 3 heterocycles. The Morgan fingerprint density at radius 1 is 0.905 bits per heavy atom. The molecule has 2 saturated heterocycles. The van der Waals surface area contributed by atoms with Gasteiger partial charge in [0.15, 0.2) is 23.6 Å². The summed E-state index contributed by atoms with van der Waals surface area (Å²) >= 11 is 0. The van der Waals surface area contributed by atoms with Gasteiger partial charge >= 0.3 is 0 Å². The molecule has 42 heavy (non-hydrogen) atoms. The van der Waals surface area contributed by atoms with Gasteiger partial charge in [0, 0.05) is 18.6 Å². The van der Waals surface area contributed by atoms with Crippen LogP contribution in [0.4, 0.5) is 0 Å². The van der Waals surface area contributed by atoms with E-state index in [-0.39, 0.29) is 41.4 Å². The molecule has 10 atom stereocenters. The second-order valence-corrected chi connectivity index (χ2v) is 10.6. The third kappa shape index (κ3) is 5.98. The number of rotatable bonds is 7. The quantitative estimate of drug-likeness (QED) is 0.223. The summed E-state index contributed by atoms with van der Waals surface area (Å²) in [4.78, 5) is 12.9. The van der Waals surface area contributed by atoms with E-state index in [1.165, 1.54) is 25.3 Å². The number of fused-ring (bicyclic) bond motifs is 1. The highest BCUT2D eigenvalue weighted by atomic mass is 16.7. The summed E-state index contributed by atoms with van der Waals surface area (Å²) in [5.74, 6) is -0.890. The number of aliphatic hydroxyl groups is 5. The van der Waals surface area contributed by atoms with E-state index >= 15 is 0 Å². The van der Waals surface area contributed by atoms with Gasteiger partial charge < -0.3 is 64.2 Å². The van der Waals surface area contributed by atoms with Gasteiger partial charge in [0.25, 0.3) is 0 Å². The molecule has 7 N–H and O–H groups in total. The van der Waals surface area contributed by atoms with E-state index in [1.54, 1.807) is 13.0 Å². The molecule has 0 radical (unpaired) electrons. The first-order valence-corrected chi connectivity index (χ1v) is 13.4. The molecule has 0 amide bonds. The second-order valence-electron chi connectivity index (χ2n) is 10.6. The third-order valence-electron chi connectivity index (χ3n) is 7.51. The molecule has 230 valence electrons. The lowest BCUT2D eigenvalue weighted by molar-refractivity contribution is -0.306. The zero-order chi connectivity index (χ0) is 30.3. The summed E-state index contributed by atoms with van der Waals surface area (Å²) in [7, 11) is 1.40. The Morgan fingerprint density at radius 2 is 1.67 bits per heavy atom. The molecule has 3 aliphatic rings. The maximum atomic E-state index is 12.9. The van der Waals surface area contributed by atoms with E-state index in [1.807, 2.05) is 0 Å². The first-order valence-electron chi connectivity index (χ1n) is 13.4. The van der Waals surface area contributed by atoms with Gasteiger partial charge in [-0.3, -0.25) is 4.79 Å². The lowest BCUT2D eigenvalue weighted by atomic mass is 9.95. The number of phenolic OH excluding ortho intramolecular Hbond substituents is 2. The number of hydrogen-bond donors (Lipinski definition) is 7. The molecule has 14 nitrogen and oxygen atoms in total. The number of phenols is 2. The van der Waals surface area contributed by atoms with Crippen LogP contribution in [0.5, 0.6) is 28.7 Å². The van der Waals surface area contributed by atoms with Gasteiger partial charge in [-0.25, -0.2) is 0 Å². The molecule has 2 aromatic rings. The Labute approximate surface area is 240 Å². The number of aromatic hydroxyl groups is 2. The van der Waals surface area contributed by atoms with Crippen LogP contribution in [0.15, 0.2) is 30.3 Å². The van der Waals surface area contributed by atoms with Gasteiger partial charge in [-0.05, 0) is 24.6 Å². The molecule has 14 heteroatoms. The van der Waals surface area contributed by atoms with Gasteiger partial charge in [0.05, 0.1) is 32.3 Å². The van der Waals surface area contributed by atoms with Crippen LogP contribution in [0.25, 0.3) is 0 Å². The van der Waals surface area contributed by atoms with Crippen molar-refractivity contribution in [1.82, 2.24) is 0 Å². The van der Waals surface area contributed by atoms with Crippen LogP contribution in [-0.2, 0) is 14.2 Å². The third-order valence-corrected chi connectivity index (χ3v) is 7.51. The highest BCUT2D eigenvalue weighted by Gasteiger charge is 2.46. The highest BCUT2D eigenvalue weighted by molar-refractivity contribution is 6.02. The van der Waals surface area contributed by atoms with Crippen LogP contribution in [0.3, 0.4) is 0 Å². The molecule has 0 spiro atoms. The number of benzene rings is 2. The average molecular weight is 595 g/mol. The average Bonchev–Trinajstić information content (AvgIpc) is 2.94. The maximum Gasteiger partial charge on any atom is 0.229 e. The van der Waals surface area contributed by atoms with Gasteiger partial charge in [0.2, 0.25) is 6.29 Å². The van der Waals surface area contributed by atoms with Crippen molar-refractivity contribution < 1.29 is 69.0 Å². The molecule has 0 aromatic heterocycles.